The van der Waals surface area contributed by atoms with E-state index in [9.17, 15) is 9.90 Å². The van der Waals surface area contributed by atoms with Crippen LogP contribution in [0.3, 0.4) is 0 Å². The number of carboxylic acids is 1. The predicted molar refractivity (Wildman–Crippen MR) is 76.5 cm³/mol. The minimum Gasteiger partial charge on any atom is -0.481 e. The molecule has 0 spiro atoms. The summed E-state index contributed by atoms with van der Waals surface area (Å²) in [4.78, 5) is 14.7. The molecular formula is C16H15NO2. The van der Waals surface area contributed by atoms with Crippen molar-refractivity contribution in [3.63, 3.8) is 0 Å². The van der Waals surface area contributed by atoms with E-state index in [1.54, 1.807) is 13.8 Å². The second-order valence-corrected chi connectivity index (χ2v) is 5.36. The molecule has 0 unspecified atom stereocenters. The predicted octanol–water partition coefficient (Wildman–Crippen LogP) is 3.68. The smallest absolute Gasteiger partial charge is 0.313 e. The van der Waals surface area contributed by atoms with Crippen LogP contribution in [0, 0.1) is 0 Å². The Bertz CT molecular complexity index is 784. The lowest BCUT2D eigenvalue weighted by Gasteiger charge is -2.19. The molecule has 0 aliphatic carbocycles. The van der Waals surface area contributed by atoms with Crippen LogP contribution in [0.1, 0.15) is 19.4 Å². The molecule has 1 heterocycles. The van der Waals surface area contributed by atoms with Gasteiger partial charge in [0.2, 0.25) is 0 Å². The molecule has 0 saturated carbocycles. The van der Waals surface area contributed by atoms with Crippen LogP contribution in [0.25, 0.3) is 21.8 Å². The molecule has 3 aromatic rings. The van der Waals surface area contributed by atoms with E-state index in [2.05, 4.69) is 11.1 Å². The van der Waals surface area contributed by atoms with Crippen LogP contribution < -0.4 is 0 Å². The maximum Gasteiger partial charge on any atom is 0.313 e. The van der Waals surface area contributed by atoms with Gasteiger partial charge in [-0.2, -0.15) is 0 Å². The Morgan fingerprint density at radius 1 is 1.05 bits per heavy atom. The summed E-state index contributed by atoms with van der Waals surface area (Å²) in [7, 11) is 0. The first-order valence-electron chi connectivity index (χ1n) is 6.24. The molecule has 0 aliphatic rings. The van der Waals surface area contributed by atoms with Crippen LogP contribution in [0.5, 0.6) is 0 Å². The van der Waals surface area contributed by atoms with Crippen molar-refractivity contribution in [2.45, 2.75) is 19.3 Å². The monoisotopic (exact) mass is 253 g/mol. The average molecular weight is 253 g/mol. The topological polar surface area (TPSA) is 53.1 Å². The number of H-pyrrole nitrogens is 1. The van der Waals surface area contributed by atoms with Gasteiger partial charge in [0.25, 0.3) is 0 Å². The molecule has 2 aromatic carbocycles. The largest absolute Gasteiger partial charge is 0.481 e. The third-order valence-electron chi connectivity index (χ3n) is 3.76. The SMILES string of the molecule is CC(C)(C(=O)O)c1ccc2c(c1)[nH]c1ccccc12. The first kappa shape index (κ1) is 11.8. The maximum atomic E-state index is 11.3. The maximum absolute atomic E-state index is 11.3. The van der Waals surface area contributed by atoms with Crippen LogP contribution in [0.2, 0.25) is 0 Å². The lowest BCUT2D eigenvalue weighted by molar-refractivity contribution is -0.142. The Morgan fingerprint density at radius 3 is 2.47 bits per heavy atom. The molecule has 1 aromatic heterocycles. The number of rotatable bonds is 2. The number of fused-ring (bicyclic) bond motifs is 3. The fourth-order valence-electron chi connectivity index (χ4n) is 2.37. The third-order valence-corrected chi connectivity index (χ3v) is 3.76. The van der Waals surface area contributed by atoms with Gasteiger partial charge in [0.15, 0.2) is 0 Å². The Kier molecular flexibility index (Phi) is 2.39. The second-order valence-electron chi connectivity index (χ2n) is 5.36. The number of aliphatic carboxylic acids is 1. The van der Waals surface area contributed by atoms with Gasteiger partial charge in [0.05, 0.1) is 5.41 Å². The molecular weight excluding hydrogens is 238 g/mol. The van der Waals surface area contributed by atoms with E-state index in [1.165, 1.54) is 0 Å². The molecule has 3 rings (SSSR count). The highest BCUT2D eigenvalue weighted by Gasteiger charge is 2.29. The van der Waals surface area contributed by atoms with Crippen LogP contribution in [0.15, 0.2) is 42.5 Å². The Hall–Kier alpha value is -2.29. The van der Waals surface area contributed by atoms with Crippen LogP contribution in [-0.2, 0) is 10.2 Å². The lowest BCUT2D eigenvalue weighted by atomic mass is 9.84. The zero-order valence-electron chi connectivity index (χ0n) is 10.9. The van der Waals surface area contributed by atoms with Gasteiger partial charge in [-0.3, -0.25) is 4.79 Å². The summed E-state index contributed by atoms with van der Waals surface area (Å²) in [6.07, 6.45) is 0. The molecule has 0 aliphatic heterocycles. The highest BCUT2D eigenvalue weighted by atomic mass is 16.4. The van der Waals surface area contributed by atoms with Gasteiger partial charge in [-0.05, 0) is 31.5 Å². The van der Waals surface area contributed by atoms with E-state index in [0.29, 0.717) is 0 Å². The van der Waals surface area contributed by atoms with Crippen molar-refractivity contribution in [2.75, 3.05) is 0 Å². The number of hydrogen-bond donors (Lipinski definition) is 2. The second kappa shape index (κ2) is 3.85. The number of hydrogen-bond acceptors (Lipinski definition) is 1. The highest BCUT2D eigenvalue weighted by molar-refractivity contribution is 6.07. The lowest BCUT2D eigenvalue weighted by Crippen LogP contribution is -2.28. The molecule has 96 valence electrons. The van der Waals surface area contributed by atoms with E-state index in [0.717, 1.165) is 27.4 Å². The summed E-state index contributed by atoms with van der Waals surface area (Å²) < 4.78 is 0. The van der Waals surface area contributed by atoms with Crippen molar-refractivity contribution in [1.82, 2.24) is 4.98 Å². The number of carboxylic acid groups (broad SMARTS) is 1. The Balaban J connectivity index is 2.27. The van der Waals surface area contributed by atoms with Gasteiger partial charge >= 0.3 is 5.97 Å². The normalized spacial score (nSPS) is 12.1. The van der Waals surface area contributed by atoms with Crippen molar-refractivity contribution in [1.29, 1.82) is 0 Å². The van der Waals surface area contributed by atoms with Gasteiger partial charge in [0, 0.05) is 21.8 Å². The van der Waals surface area contributed by atoms with E-state index >= 15 is 0 Å². The molecule has 0 saturated heterocycles. The molecule has 3 heteroatoms. The zero-order chi connectivity index (χ0) is 13.6. The van der Waals surface area contributed by atoms with E-state index in [1.807, 2.05) is 36.4 Å². The minimum atomic E-state index is -0.883. The number of para-hydroxylation sites is 1. The van der Waals surface area contributed by atoms with E-state index in [4.69, 9.17) is 0 Å². The van der Waals surface area contributed by atoms with Gasteiger partial charge in [0.1, 0.15) is 0 Å². The summed E-state index contributed by atoms with van der Waals surface area (Å²) in [6.45, 7) is 3.44. The van der Waals surface area contributed by atoms with Crippen molar-refractivity contribution in [3.05, 3.63) is 48.0 Å². The zero-order valence-corrected chi connectivity index (χ0v) is 10.9. The number of benzene rings is 2. The summed E-state index contributed by atoms with van der Waals surface area (Å²) >= 11 is 0. The third kappa shape index (κ3) is 1.70. The molecule has 0 radical (unpaired) electrons. The number of aromatic amines is 1. The summed E-state index contributed by atoms with van der Waals surface area (Å²) in [5.74, 6) is -0.817. The van der Waals surface area contributed by atoms with Gasteiger partial charge < -0.3 is 10.1 Å². The molecule has 2 N–H and O–H groups in total. The summed E-state index contributed by atoms with van der Waals surface area (Å²) in [6, 6.07) is 13.9. The van der Waals surface area contributed by atoms with E-state index in [-0.39, 0.29) is 0 Å². The number of nitrogens with one attached hydrogen (secondary N) is 1. The van der Waals surface area contributed by atoms with E-state index < -0.39 is 11.4 Å². The van der Waals surface area contributed by atoms with Crippen LogP contribution in [0.4, 0.5) is 0 Å². The Labute approximate surface area is 110 Å². The van der Waals surface area contributed by atoms with Crippen LogP contribution >= 0.6 is 0 Å². The molecule has 0 atom stereocenters. The first-order chi connectivity index (χ1) is 9.00. The average Bonchev–Trinajstić information content (AvgIpc) is 2.75. The molecule has 0 bridgehead atoms. The number of aromatic nitrogens is 1. The number of carbonyl (C=O) groups is 1. The van der Waals surface area contributed by atoms with Gasteiger partial charge in [-0.25, -0.2) is 0 Å². The van der Waals surface area contributed by atoms with Crippen molar-refractivity contribution >= 4 is 27.8 Å². The van der Waals surface area contributed by atoms with Gasteiger partial charge in [-0.15, -0.1) is 0 Å². The molecule has 0 amide bonds. The first-order valence-corrected chi connectivity index (χ1v) is 6.24. The van der Waals surface area contributed by atoms with Crippen molar-refractivity contribution in [2.24, 2.45) is 0 Å². The molecule has 3 nitrogen and oxygen atoms in total. The summed E-state index contributed by atoms with van der Waals surface area (Å²) in [5, 5.41) is 11.6. The van der Waals surface area contributed by atoms with Crippen LogP contribution in [-0.4, -0.2) is 16.1 Å². The quantitative estimate of drug-likeness (QED) is 0.732. The highest BCUT2D eigenvalue weighted by Crippen LogP contribution is 2.30. The minimum absolute atomic E-state index is 0.805. The molecule has 0 fully saturated rings. The van der Waals surface area contributed by atoms with Gasteiger partial charge in [-0.1, -0.05) is 30.3 Å². The summed E-state index contributed by atoms with van der Waals surface area (Å²) in [5.41, 5.74) is 1.97. The Morgan fingerprint density at radius 2 is 1.74 bits per heavy atom. The van der Waals surface area contributed by atoms with Crippen molar-refractivity contribution in [3.8, 4) is 0 Å². The molecule has 19 heavy (non-hydrogen) atoms. The fraction of sp³-hybridized carbons (Fsp3) is 0.188. The standard InChI is InChI=1S/C16H15NO2/c1-16(2,15(18)19)10-7-8-12-11-5-3-4-6-13(11)17-14(12)9-10/h3-9,17H,1-2H3,(H,18,19). The van der Waals surface area contributed by atoms with Crippen molar-refractivity contribution < 1.29 is 9.90 Å². The fourth-order valence-corrected chi connectivity index (χ4v) is 2.37.